The van der Waals surface area contributed by atoms with E-state index in [2.05, 4.69) is 5.32 Å². The van der Waals surface area contributed by atoms with Crippen LogP contribution in [0.1, 0.15) is 11.6 Å². The van der Waals surface area contributed by atoms with Crippen molar-refractivity contribution in [3.8, 4) is 0 Å². The zero-order valence-electron chi connectivity index (χ0n) is 9.91. The molecule has 2 rings (SSSR count). The van der Waals surface area contributed by atoms with Crippen LogP contribution in [0.15, 0.2) is 42.5 Å². The lowest BCUT2D eigenvalue weighted by Crippen LogP contribution is -2.17. The Kier molecular flexibility index (Phi) is 4.35. The zero-order valence-corrected chi connectivity index (χ0v) is 10.7. The lowest BCUT2D eigenvalue weighted by molar-refractivity contribution is 0.273. The summed E-state index contributed by atoms with van der Waals surface area (Å²) < 4.78 is 27.3. The molecule has 0 amide bonds. The van der Waals surface area contributed by atoms with E-state index < -0.39 is 17.7 Å². The number of para-hydroxylation sites is 1. The number of aliphatic hydroxyl groups excluding tert-OH is 1. The number of nitrogens with one attached hydrogen (secondary N) is 1. The van der Waals surface area contributed by atoms with E-state index in [-0.39, 0.29) is 22.9 Å². The Bertz CT molecular complexity index is 577. The number of anilines is 1. The molecule has 0 aromatic heterocycles. The van der Waals surface area contributed by atoms with Gasteiger partial charge in [-0.05, 0) is 24.3 Å². The molecule has 0 heterocycles. The number of halogens is 3. The first-order valence-corrected chi connectivity index (χ1v) is 6.06. The maximum absolute atomic E-state index is 13.8. The zero-order chi connectivity index (χ0) is 13.8. The highest BCUT2D eigenvalue weighted by atomic mass is 35.5. The molecule has 0 aliphatic rings. The van der Waals surface area contributed by atoms with E-state index in [0.29, 0.717) is 0 Å². The van der Waals surface area contributed by atoms with Gasteiger partial charge in [-0.3, -0.25) is 0 Å². The smallest absolute Gasteiger partial charge is 0.146 e. The van der Waals surface area contributed by atoms with Crippen LogP contribution in [-0.4, -0.2) is 11.7 Å². The first-order valence-electron chi connectivity index (χ1n) is 5.68. The molecule has 1 unspecified atom stereocenters. The lowest BCUT2D eigenvalue weighted by atomic mass is 10.1. The van der Waals surface area contributed by atoms with Gasteiger partial charge in [-0.15, -0.1) is 0 Å². The van der Waals surface area contributed by atoms with E-state index in [1.54, 1.807) is 12.1 Å². The molecule has 1 atom stereocenters. The van der Waals surface area contributed by atoms with Gasteiger partial charge in [0, 0.05) is 10.6 Å². The standard InChI is InChI=1S/C14H12ClF2NO/c15-9-5-6-10(12(17)7-9)14(8-19)18-13-4-2-1-3-11(13)16/h1-7,14,18-19H,8H2. The van der Waals surface area contributed by atoms with Crippen molar-refractivity contribution >= 4 is 17.3 Å². The number of hydrogen-bond acceptors (Lipinski definition) is 2. The Morgan fingerprint density at radius 3 is 2.47 bits per heavy atom. The van der Waals surface area contributed by atoms with Crippen LogP contribution in [0.25, 0.3) is 0 Å². The van der Waals surface area contributed by atoms with E-state index in [9.17, 15) is 13.9 Å². The molecule has 0 saturated heterocycles. The third-order valence-electron chi connectivity index (χ3n) is 2.72. The van der Waals surface area contributed by atoms with Crippen LogP contribution in [0.2, 0.25) is 5.02 Å². The normalized spacial score (nSPS) is 12.2. The van der Waals surface area contributed by atoms with Crippen LogP contribution >= 0.6 is 11.6 Å². The lowest BCUT2D eigenvalue weighted by Gasteiger charge is -2.19. The van der Waals surface area contributed by atoms with Crippen molar-refractivity contribution in [1.82, 2.24) is 0 Å². The third-order valence-corrected chi connectivity index (χ3v) is 2.96. The van der Waals surface area contributed by atoms with Gasteiger partial charge < -0.3 is 10.4 Å². The van der Waals surface area contributed by atoms with E-state index in [0.717, 1.165) is 6.07 Å². The number of rotatable bonds is 4. The quantitative estimate of drug-likeness (QED) is 0.895. The van der Waals surface area contributed by atoms with Crippen molar-refractivity contribution in [2.45, 2.75) is 6.04 Å². The van der Waals surface area contributed by atoms with Crippen LogP contribution in [0.5, 0.6) is 0 Å². The molecule has 0 fully saturated rings. The van der Waals surface area contributed by atoms with Gasteiger partial charge in [0.2, 0.25) is 0 Å². The van der Waals surface area contributed by atoms with Crippen molar-refractivity contribution < 1.29 is 13.9 Å². The molecule has 2 aromatic carbocycles. The van der Waals surface area contributed by atoms with Gasteiger partial charge in [0.25, 0.3) is 0 Å². The Balaban J connectivity index is 2.28. The predicted molar refractivity (Wildman–Crippen MR) is 71.3 cm³/mol. The first-order chi connectivity index (χ1) is 9.11. The van der Waals surface area contributed by atoms with Crippen molar-refractivity contribution in [3.63, 3.8) is 0 Å². The minimum absolute atomic E-state index is 0.205. The molecular weight excluding hydrogens is 272 g/mol. The predicted octanol–water partition coefficient (Wildman–Crippen LogP) is 3.76. The van der Waals surface area contributed by atoms with E-state index in [1.165, 1.54) is 24.3 Å². The molecule has 2 nitrogen and oxygen atoms in total. The monoisotopic (exact) mass is 283 g/mol. The summed E-state index contributed by atoms with van der Waals surface area (Å²) in [5, 5.41) is 12.4. The van der Waals surface area contributed by atoms with Crippen molar-refractivity contribution in [2.75, 3.05) is 11.9 Å². The van der Waals surface area contributed by atoms with Crippen LogP contribution in [-0.2, 0) is 0 Å². The summed E-state index contributed by atoms with van der Waals surface area (Å²) in [4.78, 5) is 0. The molecule has 0 aliphatic heterocycles. The van der Waals surface area contributed by atoms with Crippen LogP contribution in [0, 0.1) is 11.6 Å². The van der Waals surface area contributed by atoms with Crippen LogP contribution < -0.4 is 5.32 Å². The summed E-state index contributed by atoms with van der Waals surface area (Å²) >= 11 is 5.67. The number of aliphatic hydroxyl groups is 1. The largest absolute Gasteiger partial charge is 0.394 e. The van der Waals surface area contributed by atoms with Gasteiger partial charge >= 0.3 is 0 Å². The van der Waals surface area contributed by atoms with Crippen molar-refractivity contribution in [2.24, 2.45) is 0 Å². The fourth-order valence-corrected chi connectivity index (χ4v) is 1.93. The molecule has 19 heavy (non-hydrogen) atoms. The molecule has 0 radical (unpaired) electrons. The van der Waals surface area contributed by atoms with Gasteiger partial charge in [-0.2, -0.15) is 0 Å². The highest BCUT2D eigenvalue weighted by molar-refractivity contribution is 6.30. The summed E-state index contributed by atoms with van der Waals surface area (Å²) in [6.45, 7) is -0.368. The van der Waals surface area contributed by atoms with Gasteiger partial charge in [-0.25, -0.2) is 8.78 Å². The van der Waals surface area contributed by atoms with E-state index >= 15 is 0 Å². The summed E-state index contributed by atoms with van der Waals surface area (Å²) in [6, 6.07) is 9.41. The summed E-state index contributed by atoms with van der Waals surface area (Å²) in [7, 11) is 0. The van der Waals surface area contributed by atoms with Gasteiger partial charge in [-0.1, -0.05) is 29.8 Å². The second-order valence-corrected chi connectivity index (χ2v) is 4.46. The average Bonchev–Trinajstić information content (AvgIpc) is 2.39. The van der Waals surface area contributed by atoms with Crippen molar-refractivity contribution in [3.05, 3.63) is 64.7 Å². The highest BCUT2D eigenvalue weighted by Crippen LogP contribution is 2.25. The Hall–Kier alpha value is -1.65. The Labute approximate surface area is 114 Å². The first kappa shape index (κ1) is 13.8. The van der Waals surface area contributed by atoms with Crippen LogP contribution in [0.3, 0.4) is 0 Å². The fraction of sp³-hybridized carbons (Fsp3) is 0.143. The number of benzene rings is 2. The van der Waals surface area contributed by atoms with Crippen molar-refractivity contribution in [1.29, 1.82) is 0 Å². The van der Waals surface area contributed by atoms with Gasteiger partial charge in [0.15, 0.2) is 0 Å². The second-order valence-electron chi connectivity index (χ2n) is 4.03. The molecule has 0 aliphatic carbocycles. The maximum Gasteiger partial charge on any atom is 0.146 e. The van der Waals surface area contributed by atoms with E-state index in [1.807, 2.05) is 0 Å². The van der Waals surface area contributed by atoms with Gasteiger partial charge in [0.1, 0.15) is 11.6 Å². The Morgan fingerprint density at radius 1 is 1.11 bits per heavy atom. The second kappa shape index (κ2) is 5.99. The molecule has 100 valence electrons. The summed E-state index contributed by atoms with van der Waals surface area (Å²) in [5.41, 5.74) is 0.436. The van der Waals surface area contributed by atoms with Gasteiger partial charge in [0.05, 0.1) is 18.3 Å². The molecule has 0 spiro atoms. The number of hydrogen-bond donors (Lipinski definition) is 2. The third kappa shape index (κ3) is 3.22. The minimum Gasteiger partial charge on any atom is -0.394 e. The summed E-state index contributed by atoms with van der Waals surface area (Å²) in [6.07, 6.45) is 0. The molecule has 0 bridgehead atoms. The Morgan fingerprint density at radius 2 is 1.84 bits per heavy atom. The molecular formula is C14H12ClF2NO. The van der Waals surface area contributed by atoms with Crippen LogP contribution in [0.4, 0.5) is 14.5 Å². The molecule has 0 saturated carbocycles. The highest BCUT2D eigenvalue weighted by Gasteiger charge is 2.16. The average molecular weight is 284 g/mol. The maximum atomic E-state index is 13.8. The fourth-order valence-electron chi connectivity index (χ4n) is 1.77. The minimum atomic E-state index is -0.742. The van der Waals surface area contributed by atoms with E-state index in [4.69, 9.17) is 11.6 Å². The molecule has 2 aromatic rings. The molecule has 2 N–H and O–H groups in total. The molecule has 5 heteroatoms. The summed E-state index contributed by atoms with van der Waals surface area (Å²) in [5.74, 6) is -1.01. The SMILES string of the molecule is OCC(Nc1ccccc1F)c1ccc(Cl)cc1F. The topological polar surface area (TPSA) is 32.3 Å².